The Kier molecular flexibility index (Phi) is 13.5. The lowest BCUT2D eigenvalue weighted by molar-refractivity contribution is 0.294. The van der Waals surface area contributed by atoms with Gasteiger partial charge in [0.05, 0.1) is 6.61 Å². The molecule has 4 heteroatoms. The van der Waals surface area contributed by atoms with Crippen molar-refractivity contribution in [2.75, 3.05) is 39.8 Å². The molecule has 2 aliphatic heterocycles. The van der Waals surface area contributed by atoms with Crippen molar-refractivity contribution in [3.63, 3.8) is 0 Å². The predicted octanol–water partition coefficient (Wildman–Crippen LogP) is 8.22. The summed E-state index contributed by atoms with van der Waals surface area (Å²) in [5, 5.41) is 3.28. The number of rotatable bonds is 12. The molecule has 0 atom stereocenters. The Hall–Kier alpha value is -2.72. The Morgan fingerprint density at radius 2 is 1.62 bits per heavy atom. The number of hydrogen-bond donors (Lipinski definition) is 1. The second-order valence-electron chi connectivity index (χ2n) is 10.5. The molecule has 0 spiro atoms. The fourth-order valence-corrected chi connectivity index (χ4v) is 5.89. The lowest BCUT2D eigenvalue weighted by atomic mass is 9.88. The zero-order valence-corrected chi connectivity index (χ0v) is 25.3. The molecule has 4 nitrogen and oxygen atoms in total. The minimum absolute atomic E-state index is 0.645. The number of hydrogen-bond acceptors (Lipinski definition) is 4. The van der Waals surface area contributed by atoms with Gasteiger partial charge in [0.1, 0.15) is 5.75 Å². The smallest absolute Gasteiger partial charge is 0.119 e. The van der Waals surface area contributed by atoms with Crippen LogP contribution in [-0.4, -0.2) is 49.6 Å². The molecule has 2 fully saturated rings. The number of nitrogens with one attached hydrogen (secondary N) is 1. The van der Waals surface area contributed by atoms with E-state index in [1.54, 1.807) is 0 Å². The van der Waals surface area contributed by atoms with Gasteiger partial charge in [-0.15, -0.1) is 0 Å². The summed E-state index contributed by atoms with van der Waals surface area (Å²) in [7, 11) is 2.02. The van der Waals surface area contributed by atoms with E-state index in [-0.39, 0.29) is 0 Å². The molecule has 2 aromatic rings. The summed E-state index contributed by atoms with van der Waals surface area (Å²) >= 11 is 0. The van der Waals surface area contributed by atoms with E-state index >= 15 is 0 Å². The summed E-state index contributed by atoms with van der Waals surface area (Å²) in [5.74, 6) is 1.62. The van der Waals surface area contributed by atoms with Gasteiger partial charge in [0, 0.05) is 56.1 Å². The molecule has 0 unspecified atom stereocenters. The van der Waals surface area contributed by atoms with Crippen LogP contribution in [0.15, 0.2) is 66.4 Å². The molecule has 2 aliphatic rings. The summed E-state index contributed by atoms with van der Waals surface area (Å²) in [6.45, 7) is 14.7. The predicted molar refractivity (Wildman–Crippen MR) is 168 cm³/mol. The minimum atomic E-state index is 0.645. The Labute approximate surface area is 239 Å². The van der Waals surface area contributed by atoms with Crippen LogP contribution in [0.2, 0.25) is 0 Å². The monoisotopic (exact) mass is 531 g/mol. The van der Waals surface area contributed by atoms with Crippen molar-refractivity contribution in [3.8, 4) is 5.75 Å². The quantitative estimate of drug-likeness (QED) is 0.299. The van der Waals surface area contributed by atoms with Crippen molar-refractivity contribution in [1.82, 2.24) is 15.1 Å². The molecule has 2 aromatic carbocycles. The lowest BCUT2D eigenvalue weighted by Crippen LogP contribution is -2.31. The first-order chi connectivity index (χ1) is 19.2. The van der Waals surface area contributed by atoms with Crippen LogP contribution in [-0.2, 0) is 6.54 Å². The molecule has 2 saturated heterocycles. The normalized spacial score (nSPS) is 16.7. The van der Waals surface area contributed by atoms with Gasteiger partial charge in [0.2, 0.25) is 0 Å². The van der Waals surface area contributed by atoms with Gasteiger partial charge in [-0.1, -0.05) is 76.2 Å². The van der Waals surface area contributed by atoms with Crippen LogP contribution >= 0.6 is 0 Å². The maximum atomic E-state index is 6.29. The van der Waals surface area contributed by atoms with Gasteiger partial charge in [-0.05, 0) is 74.8 Å². The molecule has 0 radical (unpaired) electrons. The molecule has 0 saturated carbocycles. The number of ether oxygens (including phenoxy) is 1. The third kappa shape index (κ3) is 9.17. The topological polar surface area (TPSA) is 27.7 Å². The third-order valence-electron chi connectivity index (χ3n) is 7.75. The Bertz CT molecular complexity index is 1030. The first-order valence-corrected chi connectivity index (χ1v) is 15.6. The van der Waals surface area contributed by atoms with Crippen molar-refractivity contribution >= 4 is 5.70 Å². The van der Waals surface area contributed by atoms with Crippen LogP contribution in [0.4, 0.5) is 0 Å². The van der Waals surface area contributed by atoms with Gasteiger partial charge < -0.3 is 19.9 Å². The third-order valence-corrected chi connectivity index (χ3v) is 7.75. The van der Waals surface area contributed by atoms with Crippen LogP contribution in [0.3, 0.4) is 0 Å². The highest BCUT2D eigenvalue weighted by Crippen LogP contribution is 2.33. The van der Waals surface area contributed by atoms with Gasteiger partial charge in [-0.25, -0.2) is 0 Å². The lowest BCUT2D eigenvalue weighted by Gasteiger charge is -2.36. The summed E-state index contributed by atoms with van der Waals surface area (Å²) in [4.78, 5) is 5.14. The maximum Gasteiger partial charge on any atom is 0.119 e. The van der Waals surface area contributed by atoms with Gasteiger partial charge in [0.25, 0.3) is 0 Å². The Morgan fingerprint density at radius 1 is 0.897 bits per heavy atom. The highest BCUT2D eigenvalue weighted by Gasteiger charge is 2.23. The molecule has 1 N–H and O–H groups in total. The van der Waals surface area contributed by atoms with E-state index in [9.17, 15) is 0 Å². The average molecular weight is 532 g/mol. The van der Waals surface area contributed by atoms with E-state index in [0.717, 1.165) is 51.3 Å². The van der Waals surface area contributed by atoms with Gasteiger partial charge in [-0.2, -0.15) is 0 Å². The first kappa shape index (κ1) is 30.8. The number of nitrogens with zero attached hydrogens (tertiary/aromatic N) is 2. The van der Waals surface area contributed by atoms with Crippen molar-refractivity contribution in [2.45, 2.75) is 85.1 Å². The van der Waals surface area contributed by atoms with Gasteiger partial charge >= 0.3 is 0 Å². The second-order valence-corrected chi connectivity index (χ2v) is 10.5. The fourth-order valence-electron chi connectivity index (χ4n) is 5.89. The number of piperidine rings is 1. The summed E-state index contributed by atoms with van der Waals surface area (Å²) in [6, 6.07) is 17.9. The van der Waals surface area contributed by atoms with E-state index < -0.39 is 0 Å². The Balaban J connectivity index is 0.00000205. The number of benzene rings is 2. The number of allylic oxidation sites excluding steroid dienone is 2. The molecule has 0 bridgehead atoms. The first-order valence-electron chi connectivity index (χ1n) is 15.6. The summed E-state index contributed by atoms with van der Waals surface area (Å²) in [5.41, 5.74) is 6.97. The van der Waals surface area contributed by atoms with E-state index in [1.165, 1.54) is 66.9 Å². The van der Waals surface area contributed by atoms with Gasteiger partial charge in [-0.3, -0.25) is 0 Å². The van der Waals surface area contributed by atoms with Crippen LogP contribution in [0.25, 0.3) is 5.70 Å². The molecule has 0 amide bonds. The van der Waals surface area contributed by atoms with Crippen LogP contribution in [0, 0.1) is 0 Å². The molecule has 39 heavy (non-hydrogen) atoms. The van der Waals surface area contributed by atoms with E-state index in [1.807, 2.05) is 20.9 Å². The average Bonchev–Trinajstić information content (AvgIpc) is 3.52. The van der Waals surface area contributed by atoms with Crippen molar-refractivity contribution in [1.29, 1.82) is 0 Å². The minimum Gasteiger partial charge on any atom is -0.493 e. The van der Waals surface area contributed by atoms with Crippen molar-refractivity contribution in [3.05, 3.63) is 83.1 Å². The summed E-state index contributed by atoms with van der Waals surface area (Å²) < 4.78 is 6.29. The molecule has 4 rings (SSSR count). The second kappa shape index (κ2) is 17.1. The molecule has 0 aliphatic carbocycles. The van der Waals surface area contributed by atoms with E-state index in [4.69, 9.17) is 4.74 Å². The highest BCUT2D eigenvalue weighted by molar-refractivity contribution is 5.65. The number of likely N-dealkylation sites (tertiary alicyclic amines) is 2. The molecular formula is C35H53N3O. The fraction of sp³-hybridized carbons (Fsp3) is 0.543. The van der Waals surface area contributed by atoms with E-state index in [0.29, 0.717) is 5.92 Å². The standard InChI is InChI=1S/C33H47N3O.C2H6/c1-4-10-31(35-19-6-7-20-35)18-23-37-32-15-9-14-30(25-32)33(11-5-2)36-21-16-28(17-22-36)29-13-8-12-27(24-29)26-34-3;1-2/h8-15,24-25,28,34H,4-7,16-23,26H2,1-3H3;1-2H3/b31-10+,33-11+;. The SMILES string of the molecule is CC.CC/C=C(\CCOc1cccc(/C(=C\CC)N2CCC(c3cccc(CNC)c3)CC2)c1)N1CCCC1. The van der Waals surface area contributed by atoms with Crippen LogP contribution in [0.1, 0.15) is 95.2 Å². The largest absolute Gasteiger partial charge is 0.493 e. The van der Waals surface area contributed by atoms with Crippen LogP contribution in [0.5, 0.6) is 5.75 Å². The Morgan fingerprint density at radius 3 is 2.31 bits per heavy atom. The molecule has 2 heterocycles. The van der Waals surface area contributed by atoms with Crippen molar-refractivity contribution in [2.24, 2.45) is 0 Å². The van der Waals surface area contributed by atoms with Crippen LogP contribution < -0.4 is 10.1 Å². The summed E-state index contributed by atoms with van der Waals surface area (Å²) in [6.07, 6.45) is 12.9. The molecular weight excluding hydrogens is 478 g/mol. The zero-order valence-electron chi connectivity index (χ0n) is 25.3. The highest BCUT2D eigenvalue weighted by atomic mass is 16.5. The van der Waals surface area contributed by atoms with Gasteiger partial charge in [0.15, 0.2) is 0 Å². The van der Waals surface area contributed by atoms with E-state index in [2.05, 4.69) is 89.6 Å². The maximum absolute atomic E-state index is 6.29. The molecule has 214 valence electrons. The van der Waals surface area contributed by atoms with Crippen molar-refractivity contribution < 1.29 is 4.74 Å². The zero-order chi connectivity index (χ0) is 27.9. The molecule has 0 aromatic heterocycles.